The van der Waals surface area contributed by atoms with Crippen molar-refractivity contribution in [3.8, 4) is 0 Å². The van der Waals surface area contributed by atoms with Crippen LogP contribution in [0.5, 0.6) is 0 Å². The molecule has 0 nitrogen and oxygen atoms in total. The van der Waals surface area contributed by atoms with Gasteiger partial charge in [-0.3, -0.25) is 0 Å². The zero-order chi connectivity index (χ0) is 5.21. The van der Waals surface area contributed by atoms with Crippen LogP contribution in [0.4, 0.5) is 4.39 Å². The average Bonchev–Trinajstić information content (AvgIpc) is 1.35. The summed E-state index contributed by atoms with van der Waals surface area (Å²) in [6, 6.07) is 0. The SMILES string of the molecule is C[Si](C)(C)[CH]F. The Morgan fingerprint density at radius 2 is 1.50 bits per heavy atom. The number of hydrogen-bond donors (Lipinski definition) is 0. The van der Waals surface area contributed by atoms with E-state index in [1.807, 2.05) is 19.6 Å². The summed E-state index contributed by atoms with van der Waals surface area (Å²) in [7, 11) is -1.42. The van der Waals surface area contributed by atoms with Crippen molar-refractivity contribution in [1.82, 2.24) is 0 Å². The van der Waals surface area contributed by atoms with Gasteiger partial charge in [-0.2, -0.15) is 0 Å². The van der Waals surface area contributed by atoms with E-state index in [0.29, 0.717) is 0 Å². The summed E-state index contributed by atoms with van der Waals surface area (Å²) in [6.45, 7) is 5.85. The van der Waals surface area contributed by atoms with Crippen LogP contribution in [0, 0.1) is 6.30 Å². The third kappa shape index (κ3) is 4.15. The fourth-order valence-corrected chi connectivity index (χ4v) is 0. The fraction of sp³-hybridized carbons (Fsp3) is 0.750. The van der Waals surface area contributed by atoms with Crippen molar-refractivity contribution in [2.45, 2.75) is 19.6 Å². The first kappa shape index (κ1) is 6.15. The Balaban J connectivity index is 3.17. The quantitative estimate of drug-likeness (QED) is 0.447. The summed E-state index contributed by atoms with van der Waals surface area (Å²) in [4.78, 5) is 0. The zero-order valence-corrected chi connectivity index (χ0v) is 5.46. The molecule has 0 rings (SSSR count). The Hall–Kier alpha value is 0.147. The molecule has 0 aromatic carbocycles. The lowest BCUT2D eigenvalue weighted by Gasteiger charge is -2.05. The van der Waals surface area contributed by atoms with Gasteiger partial charge < -0.3 is 0 Å². The summed E-state index contributed by atoms with van der Waals surface area (Å²) in [5.41, 5.74) is 0. The van der Waals surface area contributed by atoms with Crippen LogP contribution in [-0.2, 0) is 0 Å². The van der Waals surface area contributed by atoms with Crippen LogP contribution >= 0.6 is 0 Å². The third-order valence-electron chi connectivity index (χ3n) is 0.327. The predicted octanol–water partition coefficient (Wildman–Crippen LogP) is 2.00. The topological polar surface area (TPSA) is 0 Å². The van der Waals surface area contributed by atoms with Crippen molar-refractivity contribution in [2.24, 2.45) is 0 Å². The minimum atomic E-state index is -1.42. The lowest BCUT2D eigenvalue weighted by atomic mass is 11.7. The molecule has 0 fully saturated rings. The second-order valence-corrected chi connectivity index (χ2v) is 7.43. The normalized spacial score (nSPS) is 12.0. The molecule has 6 heavy (non-hydrogen) atoms. The van der Waals surface area contributed by atoms with Gasteiger partial charge in [-0.05, 0) is 0 Å². The summed E-state index contributed by atoms with van der Waals surface area (Å²) in [5, 5.41) is 0. The van der Waals surface area contributed by atoms with Gasteiger partial charge in [0.1, 0.15) is 6.30 Å². The molecule has 0 unspecified atom stereocenters. The molecule has 0 bridgehead atoms. The van der Waals surface area contributed by atoms with E-state index in [4.69, 9.17) is 0 Å². The molecule has 0 amide bonds. The molecule has 0 saturated heterocycles. The standard InChI is InChI=1S/C4H10FSi/c1-6(2,3)4-5/h4H,1-3H3. The van der Waals surface area contributed by atoms with Crippen LogP contribution < -0.4 is 0 Å². The number of halogens is 1. The van der Waals surface area contributed by atoms with Crippen LogP contribution in [0.25, 0.3) is 0 Å². The molecule has 0 aromatic rings. The van der Waals surface area contributed by atoms with Crippen molar-refractivity contribution >= 4 is 8.07 Å². The number of rotatable bonds is 1. The van der Waals surface area contributed by atoms with Crippen LogP contribution in [0.2, 0.25) is 19.6 Å². The third-order valence-corrected chi connectivity index (χ3v) is 0.982. The summed E-state index contributed by atoms with van der Waals surface area (Å²) >= 11 is 0. The van der Waals surface area contributed by atoms with Gasteiger partial charge in [0.05, 0.1) is 8.07 Å². The van der Waals surface area contributed by atoms with Crippen molar-refractivity contribution in [3.05, 3.63) is 6.30 Å². The van der Waals surface area contributed by atoms with Gasteiger partial charge in [0.2, 0.25) is 0 Å². The van der Waals surface area contributed by atoms with Gasteiger partial charge in [0.25, 0.3) is 0 Å². The zero-order valence-electron chi connectivity index (χ0n) is 4.46. The Labute approximate surface area is 39.4 Å². The molecule has 37 valence electrons. The molecule has 0 spiro atoms. The van der Waals surface area contributed by atoms with E-state index >= 15 is 0 Å². The monoisotopic (exact) mass is 105 g/mol. The first-order valence-corrected chi connectivity index (χ1v) is 5.58. The van der Waals surface area contributed by atoms with E-state index in [1.165, 1.54) is 0 Å². The molecule has 0 aliphatic heterocycles. The highest BCUT2D eigenvalue weighted by molar-refractivity contribution is 6.79. The van der Waals surface area contributed by atoms with Crippen molar-refractivity contribution in [1.29, 1.82) is 0 Å². The number of hydrogen-bond acceptors (Lipinski definition) is 0. The van der Waals surface area contributed by atoms with E-state index in [2.05, 4.69) is 0 Å². The van der Waals surface area contributed by atoms with E-state index in [9.17, 15) is 4.39 Å². The fourth-order valence-electron chi connectivity index (χ4n) is 0. The predicted molar refractivity (Wildman–Crippen MR) is 28.8 cm³/mol. The molecule has 0 atom stereocenters. The first-order valence-electron chi connectivity index (χ1n) is 2.01. The minimum absolute atomic E-state index is 0.826. The molecular formula is C4H10FSi. The Morgan fingerprint density at radius 3 is 1.50 bits per heavy atom. The van der Waals surface area contributed by atoms with E-state index in [-0.39, 0.29) is 0 Å². The molecule has 2 heteroatoms. The maximum atomic E-state index is 11.4. The van der Waals surface area contributed by atoms with Gasteiger partial charge in [-0.15, -0.1) is 0 Å². The van der Waals surface area contributed by atoms with Crippen molar-refractivity contribution in [3.63, 3.8) is 0 Å². The maximum Gasteiger partial charge on any atom is 0.117 e. The van der Waals surface area contributed by atoms with E-state index in [1.54, 1.807) is 0 Å². The van der Waals surface area contributed by atoms with Crippen LogP contribution in [0.3, 0.4) is 0 Å². The smallest absolute Gasteiger partial charge is 0.117 e. The van der Waals surface area contributed by atoms with E-state index < -0.39 is 8.07 Å². The molecule has 0 aromatic heterocycles. The van der Waals surface area contributed by atoms with Gasteiger partial charge in [0.15, 0.2) is 0 Å². The Kier molecular flexibility index (Phi) is 1.78. The maximum absolute atomic E-state index is 11.4. The molecule has 0 aliphatic rings. The molecule has 1 radical (unpaired) electrons. The molecule has 0 N–H and O–H groups in total. The van der Waals surface area contributed by atoms with Gasteiger partial charge >= 0.3 is 0 Å². The molecule has 0 saturated carbocycles. The second-order valence-electron chi connectivity index (χ2n) is 2.48. The lowest BCUT2D eigenvalue weighted by Crippen LogP contribution is -2.17. The van der Waals surface area contributed by atoms with Gasteiger partial charge in [0, 0.05) is 0 Å². The highest BCUT2D eigenvalue weighted by atomic mass is 28.3. The lowest BCUT2D eigenvalue weighted by molar-refractivity contribution is 0.672. The Bertz CT molecular complexity index is 37.3. The largest absolute Gasteiger partial charge is 0.249 e. The molecular weight excluding hydrogens is 95.1 g/mol. The van der Waals surface area contributed by atoms with Crippen molar-refractivity contribution in [2.75, 3.05) is 0 Å². The Morgan fingerprint density at radius 1 is 1.33 bits per heavy atom. The average molecular weight is 105 g/mol. The van der Waals surface area contributed by atoms with Gasteiger partial charge in [-0.25, -0.2) is 4.39 Å². The molecule has 0 aliphatic carbocycles. The van der Waals surface area contributed by atoms with E-state index in [0.717, 1.165) is 6.30 Å². The highest BCUT2D eigenvalue weighted by Gasteiger charge is 2.11. The highest BCUT2D eigenvalue weighted by Crippen LogP contribution is 2.03. The van der Waals surface area contributed by atoms with Crippen LogP contribution in [0.15, 0.2) is 0 Å². The van der Waals surface area contributed by atoms with Crippen LogP contribution in [0.1, 0.15) is 0 Å². The molecule has 0 heterocycles. The summed E-state index contributed by atoms with van der Waals surface area (Å²) in [6.07, 6.45) is 0.826. The summed E-state index contributed by atoms with van der Waals surface area (Å²) in [5.74, 6) is 0. The van der Waals surface area contributed by atoms with Gasteiger partial charge in [-0.1, -0.05) is 19.6 Å². The van der Waals surface area contributed by atoms with Crippen LogP contribution in [-0.4, -0.2) is 8.07 Å². The second kappa shape index (κ2) is 1.73. The summed E-state index contributed by atoms with van der Waals surface area (Å²) < 4.78 is 11.4. The minimum Gasteiger partial charge on any atom is -0.249 e. The first-order chi connectivity index (χ1) is 2.56. The van der Waals surface area contributed by atoms with Crippen molar-refractivity contribution < 1.29 is 4.39 Å².